The Balaban J connectivity index is 2.68. The molecule has 0 heterocycles. The highest BCUT2D eigenvalue weighted by Gasteiger charge is 2.04. The zero-order valence-electron chi connectivity index (χ0n) is 9.22. The van der Waals surface area contributed by atoms with Crippen molar-refractivity contribution in [2.45, 2.75) is 0 Å². The van der Waals surface area contributed by atoms with Gasteiger partial charge in [0.25, 0.3) is 0 Å². The van der Waals surface area contributed by atoms with Crippen molar-refractivity contribution in [3.63, 3.8) is 0 Å². The smallest absolute Gasteiger partial charge is 0.0639 e. The standard InChI is InChI=1S/C12H8Cl2/c13-11-7-3-1-5-9(11)10-6-2-4-8-12(10)14/h1-8H/i7D,8D. The maximum Gasteiger partial charge on any atom is 0.0639 e. The minimum atomic E-state index is 0.255. The molecule has 14 heavy (non-hydrogen) atoms. The summed E-state index contributed by atoms with van der Waals surface area (Å²) in [5.41, 5.74) is 1.38. The van der Waals surface area contributed by atoms with E-state index in [1.165, 1.54) is 0 Å². The van der Waals surface area contributed by atoms with Gasteiger partial charge < -0.3 is 0 Å². The number of benzene rings is 2. The summed E-state index contributed by atoms with van der Waals surface area (Å²) in [6.45, 7) is 0. The Morgan fingerprint density at radius 3 is 1.64 bits per heavy atom. The number of halogens is 2. The van der Waals surface area contributed by atoms with Crippen LogP contribution in [0.2, 0.25) is 10.0 Å². The summed E-state index contributed by atoms with van der Waals surface area (Å²) in [7, 11) is 0. The first kappa shape index (κ1) is 7.33. The highest BCUT2D eigenvalue weighted by atomic mass is 35.5. The summed E-state index contributed by atoms with van der Waals surface area (Å²) in [5, 5.41) is 0.713. The molecular formula is C12H8Cl2. The normalized spacial score (nSPS) is 12.1. The van der Waals surface area contributed by atoms with Gasteiger partial charge in [-0.1, -0.05) is 59.6 Å². The summed E-state index contributed by atoms with van der Waals surface area (Å²) in [4.78, 5) is 0. The highest BCUT2D eigenvalue weighted by molar-refractivity contribution is 6.36. The van der Waals surface area contributed by atoms with Crippen LogP contribution in [0.5, 0.6) is 0 Å². The van der Waals surface area contributed by atoms with Gasteiger partial charge in [0.2, 0.25) is 0 Å². The first-order chi connectivity index (χ1) is 7.61. The molecule has 0 aliphatic carbocycles. The van der Waals surface area contributed by atoms with Crippen molar-refractivity contribution in [2.75, 3.05) is 0 Å². The molecule has 2 rings (SSSR count). The third-order valence-electron chi connectivity index (χ3n) is 1.90. The molecule has 0 N–H and O–H groups in total. The van der Waals surface area contributed by atoms with E-state index in [1.807, 2.05) is 0 Å². The summed E-state index contributed by atoms with van der Waals surface area (Å²) in [5.74, 6) is 0. The van der Waals surface area contributed by atoms with Gasteiger partial charge in [0.1, 0.15) is 0 Å². The molecule has 0 unspecified atom stereocenters. The lowest BCUT2D eigenvalue weighted by Gasteiger charge is -2.05. The zero-order valence-corrected chi connectivity index (χ0v) is 8.73. The lowest BCUT2D eigenvalue weighted by atomic mass is 10.1. The van der Waals surface area contributed by atoms with Gasteiger partial charge in [-0.05, 0) is 12.1 Å². The van der Waals surface area contributed by atoms with E-state index in [2.05, 4.69) is 0 Å². The number of hydrogen-bond acceptors (Lipinski definition) is 0. The summed E-state index contributed by atoms with van der Waals surface area (Å²) in [6.07, 6.45) is 0. The Kier molecular flexibility index (Phi) is 2.11. The molecule has 0 spiro atoms. The molecule has 0 radical (unpaired) electrons. The van der Waals surface area contributed by atoms with Crippen LogP contribution in [-0.4, -0.2) is 0 Å². The molecule has 0 fully saturated rings. The molecule has 0 saturated heterocycles. The van der Waals surface area contributed by atoms with Crippen LogP contribution in [0.4, 0.5) is 0 Å². The molecule has 0 atom stereocenters. The second kappa shape index (κ2) is 4.04. The predicted octanol–water partition coefficient (Wildman–Crippen LogP) is 4.66. The molecular weight excluding hydrogens is 215 g/mol. The Hall–Kier alpha value is -0.980. The van der Waals surface area contributed by atoms with Crippen molar-refractivity contribution < 1.29 is 2.74 Å². The van der Waals surface area contributed by atoms with E-state index in [9.17, 15) is 0 Å². The summed E-state index contributed by atoms with van der Waals surface area (Å²) in [6, 6.07) is 10.8. The van der Waals surface area contributed by atoms with Crippen molar-refractivity contribution in [1.82, 2.24) is 0 Å². The van der Waals surface area contributed by atoms with Crippen LogP contribution in [0.25, 0.3) is 11.1 Å². The summed E-state index contributed by atoms with van der Waals surface area (Å²) < 4.78 is 15.2. The molecule has 2 aromatic rings. The van der Waals surface area contributed by atoms with Gasteiger partial charge in [-0.25, -0.2) is 0 Å². The van der Waals surface area contributed by atoms with Crippen LogP contribution in [-0.2, 0) is 0 Å². The fourth-order valence-corrected chi connectivity index (χ4v) is 1.70. The van der Waals surface area contributed by atoms with Gasteiger partial charge in [-0.3, -0.25) is 0 Å². The monoisotopic (exact) mass is 224 g/mol. The van der Waals surface area contributed by atoms with Gasteiger partial charge >= 0.3 is 0 Å². The SMILES string of the molecule is [2H]c1cccc(-c2cccc([2H])c2Cl)c1Cl. The second-order valence-electron chi connectivity index (χ2n) is 2.80. The van der Waals surface area contributed by atoms with Crippen LogP contribution in [0.3, 0.4) is 0 Å². The third-order valence-corrected chi connectivity index (χ3v) is 2.53. The minimum Gasteiger partial charge on any atom is -0.0837 e. The van der Waals surface area contributed by atoms with E-state index in [0.29, 0.717) is 21.2 Å². The van der Waals surface area contributed by atoms with Gasteiger partial charge in [0.15, 0.2) is 0 Å². The van der Waals surface area contributed by atoms with Crippen LogP contribution in [0.1, 0.15) is 2.74 Å². The first-order valence-electron chi connectivity index (χ1n) is 5.12. The van der Waals surface area contributed by atoms with Gasteiger partial charge in [0.05, 0.1) is 2.74 Å². The minimum absolute atomic E-state index is 0.255. The second-order valence-corrected chi connectivity index (χ2v) is 3.55. The maximum atomic E-state index is 7.61. The fraction of sp³-hybridized carbons (Fsp3) is 0. The van der Waals surface area contributed by atoms with Crippen molar-refractivity contribution in [3.8, 4) is 11.1 Å². The fourth-order valence-electron chi connectivity index (χ4n) is 1.25. The van der Waals surface area contributed by atoms with Crippen LogP contribution in [0.15, 0.2) is 48.5 Å². The molecule has 0 aliphatic heterocycles. The molecule has 2 heteroatoms. The lowest BCUT2D eigenvalue weighted by molar-refractivity contribution is 1.62. The number of rotatable bonds is 1. The van der Waals surface area contributed by atoms with Crippen molar-refractivity contribution in [1.29, 1.82) is 0 Å². The molecule has 2 aromatic carbocycles. The van der Waals surface area contributed by atoms with Gasteiger partial charge in [-0.2, -0.15) is 0 Å². The average molecular weight is 225 g/mol. The molecule has 0 nitrogen and oxygen atoms in total. The van der Waals surface area contributed by atoms with Gasteiger partial charge in [0, 0.05) is 21.2 Å². The van der Waals surface area contributed by atoms with Gasteiger partial charge in [-0.15, -0.1) is 0 Å². The Morgan fingerprint density at radius 1 is 0.786 bits per heavy atom. The average Bonchev–Trinajstić information content (AvgIpc) is 2.27. The van der Waals surface area contributed by atoms with Crippen LogP contribution < -0.4 is 0 Å². The van der Waals surface area contributed by atoms with E-state index >= 15 is 0 Å². The van der Waals surface area contributed by atoms with E-state index in [4.69, 9.17) is 25.9 Å². The molecule has 70 valence electrons. The Labute approximate surface area is 95.9 Å². The third kappa shape index (κ3) is 1.77. The molecule has 0 amide bonds. The molecule has 0 bridgehead atoms. The molecule has 0 aromatic heterocycles. The lowest BCUT2D eigenvalue weighted by Crippen LogP contribution is -1.79. The first-order valence-corrected chi connectivity index (χ1v) is 4.87. The predicted molar refractivity (Wildman–Crippen MR) is 61.9 cm³/mol. The van der Waals surface area contributed by atoms with Crippen molar-refractivity contribution in [2.24, 2.45) is 0 Å². The Morgan fingerprint density at radius 2 is 1.21 bits per heavy atom. The van der Waals surface area contributed by atoms with E-state index in [-0.39, 0.29) is 12.1 Å². The van der Waals surface area contributed by atoms with Crippen molar-refractivity contribution in [3.05, 3.63) is 58.5 Å². The van der Waals surface area contributed by atoms with E-state index in [1.54, 1.807) is 36.4 Å². The van der Waals surface area contributed by atoms with Crippen molar-refractivity contribution >= 4 is 23.2 Å². The van der Waals surface area contributed by atoms with E-state index in [0.717, 1.165) is 0 Å². The zero-order chi connectivity index (χ0) is 11.7. The quantitative estimate of drug-likeness (QED) is 0.662. The maximum absolute atomic E-state index is 7.61. The van der Waals surface area contributed by atoms with E-state index < -0.39 is 0 Å². The summed E-state index contributed by atoms with van der Waals surface area (Å²) >= 11 is 12.1. The largest absolute Gasteiger partial charge is 0.0837 e. The molecule has 0 saturated carbocycles. The van der Waals surface area contributed by atoms with Crippen LogP contribution >= 0.6 is 23.2 Å². The molecule has 0 aliphatic rings. The topological polar surface area (TPSA) is 0 Å². The number of hydrogen-bond donors (Lipinski definition) is 0. The van der Waals surface area contributed by atoms with Crippen LogP contribution in [0, 0.1) is 0 Å². The highest BCUT2D eigenvalue weighted by Crippen LogP contribution is 2.32. The Bertz CT molecular complexity index is 489.